The van der Waals surface area contributed by atoms with E-state index in [1.165, 1.54) is 46.4 Å². The number of aromatic nitrogens is 2. The topological polar surface area (TPSA) is 146 Å². The fourth-order valence-corrected chi connectivity index (χ4v) is 9.12. The molecule has 2 unspecified atom stereocenters. The van der Waals surface area contributed by atoms with Gasteiger partial charge in [0.2, 0.25) is 5.91 Å². The number of oxime groups is 1. The number of benzene rings is 3. The molecule has 2 amide bonds. The predicted molar refractivity (Wildman–Crippen MR) is 200 cm³/mol. The molecule has 3 aromatic carbocycles. The number of nitrogens with one attached hydrogen (secondary N) is 2. The van der Waals surface area contributed by atoms with Gasteiger partial charge in [0, 0.05) is 23.1 Å². The minimum Gasteiger partial charge on any atom is -0.481 e. The Morgan fingerprint density at radius 3 is 2.18 bits per heavy atom. The number of thiazole rings is 2. The number of carbonyl (C=O) groups excluding carboxylic acids is 2. The van der Waals surface area contributed by atoms with Gasteiger partial charge in [0.05, 0.1) is 11.2 Å². The number of hydrogen-bond donors (Lipinski definition) is 3. The predicted octanol–water partition coefficient (Wildman–Crippen LogP) is 5.54. The van der Waals surface area contributed by atoms with Gasteiger partial charge in [0.1, 0.15) is 35.2 Å². The number of rotatable bonds is 12. The molecule has 0 bridgehead atoms. The second kappa shape index (κ2) is 14.5. The fraction of sp³-hybridized carbons (Fsp3) is 0.189. The summed E-state index contributed by atoms with van der Waals surface area (Å²) in [5.41, 5.74) is 3.36. The van der Waals surface area contributed by atoms with Crippen LogP contribution in [0.1, 0.15) is 28.1 Å². The maximum Gasteiger partial charge on any atom is 0.316 e. The number of aliphatic carboxylic acids is 1. The van der Waals surface area contributed by atoms with E-state index in [0.29, 0.717) is 10.8 Å². The lowest BCUT2D eigenvalue weighted by Gasteiger charge is -2.53. The lowest BCUT2D eigenvalue weighted by atomic mass is 9.77. The molecule has 5 aromatic rings. The third-order valence-corrected chi connectivity index (χ3v) is 11.8. The van der Waals surface area contributed by atoms with Crippen molar-refractivity contribution in [1.82, 2.24) is 20.2 Å². The Balaban J connectivity index is 1.12. The summed E-state index contributed by atoms with van der Waals surface area (Å²) in [5, 5.41) is 24.3. The highest BCUT2D eigenvalue weighted by atomic mass is 32.2. The van der Waals surface area contributed by atoms with Gasteiger partial charge >= 0.3 is 5.97 Å². The average Bonchev–Trinajstić information content (AvgIpc) is 3.88. The van der Waals surface area contributed by atoms with Gasteiger partial charge in [0.15, 0.2) is 10.8 Å². The number of thioether (sulfide) groups is 1. The summed E-state index contributed by atoms with van der Waals surface area (Å²) in [6.07, 6.45) is 3.27. The minimum atomic E-state index is -1.28. The number of amides is 2. The van der Waals surface area contributed by atoms with E-state index in [0.717, 1.165) is 16.7 Å². The molecule has 2 fully saturated rings. The second-order valence-electron chi connectivity index (χ2n) is 12.0. The lowest BCUT2D eigenvalue weighted by Crippen LogP contribution is -2.73. The first-order chi connectivity index (χ1) is 24.8. The fourth-order valence-electron chi connectivity index (χ4n) is 6.33. The summed E-state index contributed by atoms with van der Waals surface area (Å²) in [4.78, 5) is 55.0. The molecule has 2 aliphatic rings. The average molecular weight is 737 g/mol. The van der Waals surface area contributed by atoms with E-state index in [4.69, 9.17) is 9.82 Å². The van der Waals surface area contributed by atoms with Gasteiger partial charge < -0.3 is 25.5 Å². The van der Waals surface area contributed by atoms with Crippen LogP contribution >= 0.6 is 34.4 Å². The second-order valence-corrected chi connectivity index (χ2v) is 14.6. The lowest BCUT2D eigenvalue weighted by molar-refractivity contribution is -0.155. The molecule has 51 heavy (non-hydrogen) atoms. The highest BCUT2D eigenvalue weighted by Gasteiger charge is 2.57. The molecule has 14 heteroatoms. The molecule has 0 aliphatic carbocycles. The minimum absolute atomic E-state index is 0.0159. The first-order valence-corrected chi connectivity index (χ1v) is 18.8. The van der Waals surface area contributed by atoms with E-state index in [1.54, 1.807) is 23.0 Å². The van der Waals surface area contributed by atoms with Crippen molar-refractivity contribution in [3.63, 3.8) is 0 Å². The molecule has 3 atom stereocenters. The summed E-state index contributed by atoms with van der Waals surface area (Å²) >= 11 is 4.03. The van der Waals surface area contributed by atoms with Crippen molar-refractivity contribution < 1.29 is 24.3 Å². The van der Waals surface area contributed by atoms with E-state index in [2.05, 4.69) is 57.2 Å². The van der Waals surface area contributed by atoms with Crippen LogP contribution in [0.15, 0.2) is 118 Å². The Labute approximate surface area is 306 Å². The highest BCUT2D eigenvalue weighted by molar-refractivity contribution is 8.00. The van der Waals surface area contributed by atoms with Crippen molar-refractivity contribution in [2.24, 2.45) is 10.6 Å². The molecular formula is C37H32N6O5S3. The Morgan fingerprint density at radius 2 is 1.63 bits per heavy atom. The van der Waals surface area contributed by atoms with Crippen molar-refractivity contribution in [2.75, 3.05) is 24.7 Å². The Hall–Kier alpha value is -5.31. The maximum atomic E-state index is 13.7. The number of carbonyl (C=O) groups is 3. The smallest absolute Gasteiger partial charge is 0.316 e. The van der Waals surface area contributed by atoms with Crippen LogP contribution in [0.3, 0.4) is 0 Å². The van der Waals surface area contributed by atoms with Gasteiger partial charge in [-0.05, 0) is 22.8 Å². The van der Waals surface area contributed by atoms with Gasteiger partial charge in [-0.3, -0.25) is 14.4 Å². The summed E-state index contributed by atoms with van der Waals surface area (Å²) in [5.74, 6) is -1.82. The third-order valence-electron chi connectivity index (χ3n) is 8.90. The summed E-state index contributed by atoms with van der Waals surface area (Å²) in [7, 11) is 1.34. The van der Waals surface area contributed by atoms with E-state index in [9.17, 15) is 19.5 Å². The molecule has 0 spiro atoms. The SMILES string of the molecule is CON=C(C(=O)NC1C(=O)N2CC(C=Cc3cscn3)(C(=O)O)CS[C@H]12)c1csc(NC(c2ccccc2)(c2ccccc2)c2ccccc2)n1. The molecule has 2 aliphatic heterocycles. The number of hydrogen-bond acceptors (Lipinski definition) is 11. The van der Waals surface area contributed by atoms with Crippen molar-refractivity contribution in [2.45, 2.75) is 17.0 Å². The molecule has 2 aromatic heterocycles. The van der Waals surface area contributed by atoms with Crippen molar-refractivity contribution in [1.29, 1.82) is 0 Å². The molecule has 7 rings (SSSR count). The summed E-state index contributed by atoms with van der Waals surface area (Å²) in [6.45, 7) is -0.0159. The van der Waals surface area contributed by atoms with Crippen LogP contribution in [-0.4, -0.2) is 74.3 Å². The maximum absolute atomic E-state index is 13.7. The third kappa shape index (κ3) is 6.53. The van der Waals surface area contributed by atoms with Gasteiger partial charge in [0.25, 0.3) is 5.91 Å². The molecule has 2 saturated heterocycles. The number of carboxylic acid groups (broad SMARTS) is 1. The Kier molecular flexibility index (Phi) is 9.71. The van der Waals surface area contributed by atoms with Crippen molar-refractivity contribution in [3.8, 4) is 0 Å². The van der Waals surface area contributed by atoms with E-state index in [-0.39, 0.29) is 29.6 Å². The van der Waals surface area contributed by atoms with Crippen LogP contribution in [0.25, 0.3) is 6.08 Å². The van der Waals surface area contributed by atoms with Gasteiger partial charge in [-0.2, -0.15) is 0 Å². The number of β-lactam (4-membered cyclic amide) rings is 1. The van der Waals surface area contributed by atoms with Gasteiger partial charge in [-0.15, -0.1) is 34.4 Å². The van der Waals surface area contributed by atoms with Crippen LogP contribution in [0.2, 0.25) is 0 Å². The normalized spacial score (nSPS) is 20.4. The standard InChI is InChI=1S/C37H32N6O5S3/c1-48-42-29(31(44)40-30-32(45)43-21-36(34(46)47,22-51-33(30)43)18-17-27-19-49-23-38-27)28-20-50-35(39-28)41-37(24-11-5-2-6-12-24,25-13-7-3-8-14-25)26-15-9-4-10-16-26/h2-20,23,30,33H,21-22H2,1H3,(H,39,41)(H,40,44)(H,46,47)/t30?,33-,36?/m1/s1. The molecule has 11 nitrogen and oxygen atoms in total. The zero-order chi connectivity index (χ0) is 35.4. The quantitative estimate of drug-likeness (QED) is 0.0651. The van der Waals surface area contributed by atoms with Crippen molar-refractivity contribution in [3.05, 3.63) is 141 Å². The molecule has 0 radical (unpaired) electrons. The number of nitrogens with zero attached hydrogens (tertiary/aromatic N) is 4. The van der Waals surface area contributed by atoms with E-state index in [1.807, 2.05) is 60.0 Å². The first-order valence-electron chi connectivity index (χ1n) is 15.9. The molecule has 258 valence electrons. The number of carboxylic acids is 1. The van der Waals surface area contributed by atoms with Gasteiger partial charge in [-0.1, -0.05) is 102 Å². The zero-order valence-electron chi connectivity index (χ0n) is 27.2. The zero-order valence-corrected chi connectivity index (χ0v) is 29.7. The Morgan fingerprint density at radius 1 is 1.00 bits per heavy atom. The van der Waals surface area contributed by atoms with Crippen LogP contribution in [-0.2, 0) is 24.8 Å². The van der Waals surface area contributed by atoms with E-state index >= 15 is 0 Å². The molecule has 0 saturated carbocycles. The Bertz CT molecular complexity index is 1980. The largest absolute Gasteiger partial charge is 0.481 e. The summed E-state index contributed by atoms with van der Waals surface area (Å²) in [6, 6.07) is 29.4. The van der Waals surface area contributed by atoms with Crippen LogP contribution in [0.5, 0.6) is 0 Å². The molecule has 4 heterocycles. The van der Waals surface area contributed by atoms with E-state index < -0.39 is 34.2 Å². The number of fused-ring (bicyclic) bond motifs is 1. The number of anilines is 1. The summed E-state index contributed by atoms with van der Waals surface area (Å²) < 4.78 is 0. The monoisotopic (exact) mass is 736 g/mol. The molecule has 3 N–H and O–H groups in total. The van der Waals surface area contributed by atoms with Gasteiger partial charge in [-0.25, -0.2) is 9.97 Å². The first kappa shape index (κ1) is 34.2. The highest BCUT2D eigenvalue weighted by Crippen LogP contribution is 2.44. The van der Waals surface area contributed by atoms with Crippen LogP contribution in [0.4, 0.5) is 5.13 Å². The van der Waals surface area contributed by atoms with Crippen LogP contribution in [0, 0.1) is 5.41 Å². The molecular weight excluding hydrogens is 705 g/mol. The van der Waals surface area contributed by atoms with Crippen LogP contribution < -0.4 is 10.6 Å². The van der Waals surface area contributed by atoms with Crippen molar-refractivity contribution >= 4 is 69.1 Å².